The first-order chi connectivity index (χ1) is 14.9. The Morgan fingerprint density at radius 2 is 1.74 bits per heavy atom. The first-order valence-electron chi connectivity index (χ1n) is 9.40. The van der Waals surface area contributed by atoms with Crippen LogP contribution in [-0.4, -0.2) is 38.6 Å². The van der Waals surface area contributed by atoms with Crippen LogP contribution in [0.1, 0.15) is 11.3 Å². The van der Waals surface area contributed by atoms with Gasteiger partial charge in [-0.1, -0.05) is 0 Å². The van der Waals surface area contributed by atoms with E-state index in [0.29, 0.717) is 29.6 Å². The summed E-state index contributed by atoms with van der Waals surface area (Å²) in [5.74, 6) is 1.54. The smallest absolute Gasteiger partial charge is 0.240 e. The molecular weight excluding hydrogens is 416 g/mol. The first kappa shape index (κ1) is 22.0. The van der Waals surface area contributed by atoms with Crippen LogP contribution in [0.15, 0.2) is 59.5 Å². The van der Waals surface area contributed by atoms with Crippen molar-refractivity contribution in [1.82, 2.24) is 14.7 Å². The Labute approximate surface area is 181 Å². The second kappa shape index (κ2) is 9.88. The second-order valence-electron chi connectivity index (χ2n) is 6.53. The fourth-order valence-corrected chi connectivity index (χ4v) is 3.72. The highest BCUT2D eigenvalue weighted by Crippen LogP contribution is 2.18. The van der Waals surface area contributed by atoms with Gasteiger partial charge in [0, 0.05) is 30.5 Å². The molecule has 0 aliphatic heterocycles. The highest BCUT2D eigenvalue weighted by Gasteiger charge is 2.13. The lowest BCUT2D eigenvalue weighted by molar-refractivity contribution is 0.414. The predicted octanol–water partition coefficient (Wildman–Crippen LogP) is 2.80. The molecule has 0 amide bonds. The normalized spacial score (nSPS) is 10.9. The summed E-state index contributed by atoms with van der Waals surface area (Å²) in [5.41, 5.74) is 2.10. The zero-order chi connectivity index (χ0) is 22.3. The number of aromatic nitrogens is 2. The summed E-state index contributed by atoms with van der Waals surface area (Å²) in [6, 6.07) is 17.0. The van der Waals surface area contributed by atoms with Gasteiger partial charge in [0.05, 0.1) is 23.6 Å². The molecule has 2 aromatic carbocycles. The molecule has 0 unspecified atom stereocenters. The van der Waals surface area contributed by atoms with Crippen molar-refractivity contribution in [2.45, 2.75) is 11.8 Å². The fraction of sp³-hybridized carbons (Fsp3) is 0.190. The molecule has 1 heterocycles. The molecule has 9 nitrogen and oxygen atoms in total. The van der Waals surface area contributed by atoms with Crippen molar-refractivity contribution in [3.63, 3.8) is 0 Å². The molecule has 3 aromatic rings. The van der Waals surface area contributed by atoms with E-state index in [1.807, 2.05) is 6.92 Å². The Bertz CT molecular complexity index is 1170. The van der Waals surface area contributed by atoms with Gasteiger partial charge in [-0.2, -0.15) is 10.2 Å². The van der Waals surface area contributed by atoms with Gasteiger partial charge < -0.3 is 15.4 Å². The van der Waals surface area contributed by atoms with Gasteiger partial charge in [0.25, 0.3) is 0 Å². The topological polar surface area (TPSA) is 129 Å². The second-order valence-corrected chi connectivity index (χ2v) is 8.30. The van der Waals surface area contributed by atoms with Crippen molar-refractivity contribution in [2.75, 3.05) is 30.8 Å². The van der Waals surface area contributed by atoms with E-state index >= 15 is 0 Å². The summed E-state index contributed by atoms with van der Waals surface area (Å²) in [6.07, 6.45) is 0. The number of hydrogen-bond donors (Lipinski definition) is 3. The molecule has 0 bridgehead atoms. The van der Waals surface area contributed by atoms with Crippen LogP contribution < -0.4 is 20.1 Å². The average molecular weight is 439 g/mol. The van der Waals surface area contributed by atoms with Crippen molar-refractivity contribution in [2.24, 2.45) is 0 Å². The third-order valence-electron chi connectivity index (χ3n) is 4.21. The van der Waals surface area contributed by atoms with Crippen molar-refractivity contribution < 1.29 is 13.2 Å². The number of methoxy groups -OCH3 is 1. The van der Waals surface area contributed by atoms with Gasteiger partial charge in [-0.15, -0.1) is 0 Å². The predicted molar refractivity (Wildman–Crippen MR) is 118 cm³/mol. The van der Waals surface area contributed by atoms with E-state index < -0.39 is 10.0 Å². The molecule has 31 heavy (non-hydrogen) atoms. The van der Waals surface area contributed by atoms with Crippen molar-refractivity contribution >= 4 is 27.5 Å². The molecule has 0 aliphatic carbocycles. The highest BCUT2D eigenvalue weighted by atomic mass is 32.2. The van der Waals surface area contributed by atoms with Gasteiger partial charge in [-0.05, 0) is 55.5 Å². The Hall–Kier alpha value is -3.68. The van der Waals surface area contributed by atoms with Crippen LogP contribution in [0.5, 0.6) is 5.75 Å². The highest BCUT2D eigenvalue weighted by molar-refractivity contribution is 7.89. The Kier molecular flexibility index (Phi) is 7.02. The number of anilines is 3. The molecule has 0 saturated heterocycles. The van der Waals surface area contributed by atoms with E-state index in [9.17, 15) is 8.42 Å². The van der Waals surface area contributed by atoms with Crippen LogP contribution in [0.25, 0.3) is 0 Å². The maximum atomic E-state index is 12.4. The number of nitrogens with zero attached hydrogens (tertiary/aromatic N) is 3. The molecule has 0 aliphatic rings. The molecule has 3 rings (SSSR count). The van der Waals surface area contributed by atoms with Crippen LogP contribution in [0.2, 0.25) is 0 Å². The zero-order valence-corrected chi connectivity index (χ0v) is 17.9. The van der Waals surface area contributed by atoms with E-state index in [4.69, 9.17) is 10.00 Å². The van der Waals surface area contributed by atoms with Gasteiger partial charge in [0.2, 0.25) is 16.0 Å². The molecule has 0 spiro atoms. The third-order valence-corrected chi connectivity index (χ3v) is 5.69. The summed E-state index contributed by atoms with van der Waals surface area (Å²) < 4.78 is 32.3. The summed E-state index contributed by atoms with van der Waals surface area (Å²) in [7, 11) is -2.10. The van der Waals surface area contributed by atoms with E-state index in [0.717, 1.165) is 11.4 Å². The van der Waals surface area contributed by atoms with E-state index in [-0.39, 0.29) is 11.4 Å². The number of sulfonamides is 1. The fourth-order valence-electron chi connectivity index (χ4n) is 2.69. The van der Waals surface area contributed by atoms with Crippen LogP contribution in [0.3, 0.4) is 0 Å². The third kappa shape index (κ3) is 6.15. The quantitative estimate of drug-likeness (QED) is 0.435. The summed E-state index contributed by atoms with van der Waals surface area (Å²) in [6.45, 7) is 2.29. The molecule has 10 heteroatoms. The molecule has 160 valence electrons. The molecule has 3 N–H and O–H groups in total. The number of hydrogen-bond acceptors (Lipinski definition) is 8. The number of ether oxygens (including phenoxy) is 1. The summed E-state index contributed by atoms with van der Waals surface area (Å²) >= 11 is 0. The molecule has 0 radical (unpaired) electrons. The minimum Gasteiger partial charge on any atom is -0.497 e. The van der Waals surface area contributed by atoms with Crippen molar-refractivity contribution in [3.8, 4) is 11.8 Å². The lowest BCUT2D eigenvalue weighted by Crippen LogP contribution is -2.29. The molecular formula is C21H22N6O3S. The van der Waals surface area contributed by atoms with Crippen LogP contribution in [-0.2, 0) is 10.0 Å². The van der Waals surface area contributed by atoms with Gasteiger partial charge in [0.1, 0.15) is 11.6 Å². The van der Waals surface area contributed by atoms with Crippen LogP contribution in [0, 0.1) is 18.3 Å². The molecule has 1 aromatic heterocycles. The van der Waals surface area contributed by atoms with E-state index in [2.05, 4.69) is 31.4 Å². The number of benzene rings is 2. The lowest BCUT2D eigenvalue weighted by Gasteiger charge is -2.11. The maximum Gasteiger partial charge on any atom is 0.240 e. The van der Waals surface area contributed by atoms with E-state index in [1.54, 1.807) is 42.5 Å². The first-order valence-corrected chi connectivity index (χ1v) is 10.9. The molecule has 0 fully saturated rings. The monoisotopic (exact) mass is 438 g/mol. The maximum absolute atomic E-state index is 12.4. The lowest BCUT2D eigenvalue weighted by atomic mass is 10.2. The number of nitriles is 1. The van der Waals surface area contributed by atoms with Gasteiger partial charge in [-0.3, -0.25) is 0 Å². The van der Waals surface area contributed by atoms with Gasteiger partial charge in [-0.25, -0.2) is 18.1 Å². The zero-order valence-electron chi connectivity index (χ0n) is 17.1. The van der Waals surface area contributed by atoms with Crippen LogP contribution in [0.4, 0.5) is 17.5 Å². The largest absolute Gasteiger partial charge is 0.497 e. The number of aryl methyl sites for hydroxylation is 1. The minimum absolute atomic E-state index is 0.157. The standard InChI is InChI=1S/C21H22N6O3S/c1-15-13-20(26-17-5-3-16(14-22)4-6-17)27-21(25-15)23-11-12-24-31(28,29)19-9-7-18(30-2)8-10-19/h3-10,13,24H,11-12H2,1-2H3,(H2,23,25,26,27). The average Bonchev–Trinajstić information content (AvgIpc) is 2.77. The van der Waals surface area contributed by atoms with Crippen molar-refractivity contribution in [1.29, 1.82) is 5.26 Å². The molecule has 0 atom stereocenters. The summed E-state index contributed by atoms with van der Waals surface area (Å²) in [4.78, 5) is 8.87. The number of nitrogens with one attached hydrogen (secondary N) is 3. The molecule has 0 saturated carbocycles. The Morgan fingerprint density at radius 3 is 2.39 bits per heavy atom. The van der Waals surface area contributed by atoms with E-state index in [1.165, 1.54) is 19.2 Å². The SMILES string of the molecule is COc1ccc(S(=O)(=O)NCCNc2nc(C)cc(Nc3ccc(C#N)cc3)n2)cc1. The van der Waals surface area contributed by atoms with Gasteiger partial charge in [0.15, 0.2) is 0 Å². The minimum atomic E-state index is -3.62. The van der Waals surface area contributed by atoms with Gasteiger partial charge >= 0.3 is 0 Å². The number of rotatable bonds is 9. The van der Waals surface area contributed by atoms with Crippen LogP contribution >= 0.6 is 0 Å². The Morgan fingerprint density at radius 1 is 1.03 bits per heavy atom. The van der Waals surface area contributed by atoms with Crippen molar-refractivity contribution in [3.05, 3.63) is 65.9 Å². The Balaban J connectivity index is 1.56. The summed E-state index contributed by atoms with van der Waals surface area (Å²) in [5, 5.41) is 15.1.